The average Bonchev–Trinajstić information content (AvgIpc) is 3.35. The van der Waals surface area contributed by atoms with Crippen LogP contribution in [-0.2, 0) is 12.8 Å². The van der Waals surface area contributed by atoms with Crippen molar-refractivity contribution in [3.63, 3.8) is 0 Å². The van der Waals surface area contributed by atoms with Gasteiger partial charge in [-0.05, 0) is 75.0 Å². The molecule has 2 amide bonds. The number of nitrogens with zero attached hydrogens (tertiary/aromatic N) is 1. The molecule has 2 atom stereocenters. The highest BCUT2D eigenvalue weighted by molar-refractivity contribution is 7.15. The van der Waals surface area contributed by atoms with Crippen molar-refractivity contribution in [1.82, 2.24) is 15.6 Å². The average molecular weight is 547 g/mol. The Labute approximate surface area is 233 Å². The first kappa shape index (κ1) is 28.1. The van der Waals surface area contributed by atoms with Crippen molar-refractivity contribution in [3.05, 3.63) is 95.2 Å². The van der Waals surface area contributed by atoms with E-state index in [9.17, 15) is 9.59 Å². The summed E-state index contributed by atoms with van der Waals surface area (Å²) in [6.45, 7) is 10.1. The molecule has 0 radical (unpaired) electrons. The second kappa shape index (κ2) is 13.2. The summed E-state index contributed by atoms with van der Waals surface area (Å²) in [6.07, 6.45) is 7.01. The van der Waals surface area contributed by atoms with E-state index in [0.717, 1.165) is 43.5 Å². The molecule has 9 heteroatoms. The number of nitrogens with one attached hydrogen (secondary N) is 3. The Kier molecular flexibility index (Phi) is 9.51. The van der Waals surface area contributed by atoms with Gasteiger partial charge < -0.3 is 20.1 Å². The van der Waals surface area contributed by atoms with Crippen LogP contribution in [-0.4, -0.2) is 36.5 Å². The predicted octanol–water partition coefficient (Wildman–Crippen LogP) is 5.44. The minimum atomic E-state index is -0.335. The van der Waals surface area contributed by atoms with E-state index in [-0.39, 0.29) is 17.9 Å². The third-order valence-corrected chi connectivity index (χ3v) is 7.61. The highest BCUT2D eigenvalue weighted by Crippen LogP contribution is 2.31. The summed E-state index contributed by atoms with van der Waals surface area (Å²) in [6, 6.07) is 12.2. The Balaban J connectivity index is 1.38. The molecule has 0 aliphatic heterocycles. The summed E-state index contributed by atoms with van der Waals surface area (Å²) in [7, 11) is 1.51. The van der Waals surface area contributed by atoms with Crippen molar-refractivity contribution < 1.29 is 19.1 Å². The van der Waals surface area contributed by atoms with Crippen LogP contribution in [0.15, 0.2) is 68.0 Å². The smallest absolute Gasteiger partial charge is 0.257 e. The number of methoxy groups -OCH3 is 1. The van der Waals surface area contributed by atoms with Gasteiger partial charge in [-0.2, -0.15) is 0 Å². The van der Waals surface area contributed by atoms with E-state index in [2.05, 4.69) is 34.1 Å². The lowest BCUT2D eigenvalue weighted by Gasteiger charge is -2.22. The fraction of sp³-hybridized carbons (Fsp3) is 0.300. The van der Waals surface area contributed by atoms with E-state index < -0.39 is 0 Å². The molecule has 1 heterocycles. The topological polar surface area (TPSA) is 102 Å². The van der Waals surface area contributed by atoms with Crippen molar-refractivity contribution in [2.24, 2.45) is 0 Å². The lowest BCUT2D eigenvalue weighted by molar-refractivity contribution is 0.0939. The zero-order chi connectivity index (χ0) is 27.8. The van der Waals surface area contributed by atoms with Crippen LogP contribution >= 0.6 is 11.3 Å². The Morgan fingerprint density at radius 1 is 1.15 bits per heavy atom. The standard InChI is InChI=1S/C30H34N4O4S/c1-5-7-15-31-23-12-13-24-27(18-23)39-30(33-24)34-29(36)21-10-8-9-20(16-21)19(3)32-28(35)22-11-14-25(38-6-2)26(17-22)37-4/h5-6,8-11,14,16-17,19,23,31H,1-2,7,12-13,15,18H2,3-4H3,(H,32,35)(H,33,34,36). The minimum Gasteiger partial charge on any atom is -0.493 e. The van der Waals surface area contributed by atoms with Gasteiger partial charge in [0.05, 0.1) is 25.1 Å². The summed E-state index contributed by atoms with van der Waals surface area (Å²) >= 11 is 1.54. The van der Waals surface area contributed by atoms with Crippen molar-refractivity contribution in [2.75, 3.05) is 19.0 Å². The molecule has 2 unspecified atom stereocenters. The number of anilines is 1. The van der Waals surface area contributed by atoms with E-state index in [1.54, 1.807) is 30.3 Å². The number of thiazole rings is 1. The van der Waals surface area contributed by atoms with Gasteiger partial charge in [0, 0.05) is 22.0 Å². The molecule has 8 nitrogen and oxygen atoms in total. The van der Waals surface area contributed by atoms with Crippen LogP contribution in [0, 0.1) is 0 Å². The SMILES string of the molecule is C=CCCNC1CCc2nc(NC(=O)c3cccc(C(C)NC(=O)c4ccc(OC=C)c(OC)c4)c3)sc2C1. The van der Waals surface area contributed by atoms with Gasteiger partial charge >= 0.3 is 0 Å². The molecule has 39 heavy (non-hydrogen) atoms. The van der Waals surface area contributed by atoms with Gasteiger partial charge in [-0.25, -0.2) is 4.98 Å². The molecule has 204 valence electrons. The van der Waals surface area contributed by atoms with Crippen LogP contribution in [0.1, 0.15) is 62.7 Å². The highest BCUT2D eigenvalue weighted by atomic mass is 32.1. The first-order valence-electron chi connectivity index (χ1n) is 12.9. The fourth-order valence-corrected chi connectivity index (χ4v) is 5.55. The van der Waals surface area contributed by atoms with Crippen LogP contribution in [0.5, 0.6) is 11.5 Å². The zero-order valence-electron chi connectivity index (χ0n) is 22.3. The molecule has 2 aromatic carbocycles. The number of fused-ring (bicyclic) bond motifs is 1. The predicted molar refractivity (Wildman–Crippen MR) is 155 cm³/mol. The first-order valence-corrected chi connectivity index (χ1v) is 13.7. The first-order chi connectivity index (χ1) is 18.9. The summed E-state index contributed by atoms with van der Waals surface area (Å²) in [5, 5.41) is 10.1. The number of carbonyl (C=O) groups is 2. The van der Waals surface area contributed by atoms with Crippen molar-refractivity contribution in [3.8, 4) is 11.5 Å². The second-order valence-electron chi connectivity index (χ2n) is 9.28. The van der Waals surface area contributed by atoms with Crippen LogP contribution in [0.25, 0.3) is 0 Å². The summed E-state index contributed by atoms with van der Waals surface area (Å²) in [5.41, 5.74) is 2.80. The van der Waals surface area contributed by atoms with Gasteiger partial charge in [-0.3, -0.25) is 14.9 Å². The number of rotatable bonds is 12. The number of aromatic nitrogens is 1. The summed E-state index contributed by atoms with van der Waals surface area (Å²) in [4.78, 5) is 31.8. The Morgan fingerprint density at radius 3 is 2.74 bits per heavy atom. The molecular weight excluding hydrogens is 512 g/mol. The molecule has 3 aromatic rings. The maximum Gasteiger partial charge on any atom is 0.257 e. The number of hydrogen-bond acceptors (Lipinski definition) is 7. The molecule has 3 N–H and O–H groups in total. The van der Waals surface area contributed by atoms with Gasteiger partial charge in [-0.15, -0.1) is 17.9 Å². The fourth-order valence-electron chi connectivity index (χ4n) is 4.47. The number of amides is 2. The van der Waals surface area contributed by atoms with Crippen LogP contribution in [0.4, 0.5) is 5.13 Å². The van der Waals surface area contributed by atoms with Gasteiger partial charge in [-0.1, -0.05) is 24.8 Å². The quantitative estimate of drug-likeness (QED) is 0.159. The third kappa shape index (κ3) is 7.13. The Hall–Kier alpha value is -3.95. The van der Waals surface area contributed by atoms with Crippen molar-refractivity contribution >= 4 is 28.3 Å². The maximum atomic E-state index is 13.1. The van der Waals surface area contributed by atoms with Crippen LogP contribution < -0.4 is 25.4 Å². The minimum absolute atomic E-state index is 0.232. The van der Waals surface area contributed by atoms with Crippen LogP contribution in [0.2, 0.25) is 0 Å². The number of ether oxygens (including phenoxy) is 2. The van der Waals surface area contributed by atoms with E-state index in [0.29, 0.717) is 33.8 Å². The zero-order valence-corrected chi connectivity index (χ0v) is 23.1. The normalized spacial score (nSPS) is 15.0. The van der Waals surface area contributed by atoms with Crippen molar-refractivity contribution in [2.45, 2.75) is 44.7 Å². The molecule has 4 rings (SSSR count). The lowest BCUT2D eigenvalue weighted by Crippen LogP contribution is -2.34. The van der Waals surface area contributed by atoms with Gasteiger partial charge in [0.2, 0.25) is 0 Å². The van der Waals surface area contributed by atoms with Crippen molar-refractivity contribution in [1.29, 1.82) is 0 Å². The molecule has 0 bridgehead atoms. The Bertz CT molecular complexity index is 1350. The summed E-state index contributed by atoms with van der Waals surface area (Å²) < 4.78 is 10.6. The molecule has 0 spiro atoms. The molecule has 0 saturated heterocycles. The van der Waals surface area contributed by atoms with Crippen LogP contribution in [0.3, 0.4) is 0 Å². The number of carbonyl (C=O) groups excluding carboxylic acids is 2. The van der Waals surface area contributed by atoms with Gasteiger partial charge in [0.15, 0.2) is 16.6 Å². The highest BCUT2D eigenvalue weighted by Gasteiger charge is 2.23. The molecular formula is C30H34N4O4S. The van der Waals surface area contributed by atoms with E-state index in [1.807, 2.05) is 25.1 Å². The van der Waals surface area contributed by atoms with E-state index >= 15 is 0 Å². The third-order valence-electron chi connectivity index (χ3n) is 6.57. The maximum absolute atomic E-state index is 13.1. The Morgan fingerprint density at radius 2 is 1.97 bits per heavy atom. The van der Waals surface area contributed by atoms with E-state index in [1.165, 1.54) is 29.6 Å². The number of aryl methyl sites for hydroxylation is 1. The molecule has 1 aliphatic carbocycles. The monoisotopic (exact) mass is 546 g/mol. The molecule has 0 fully saturated rings. The second-order valence-corrected chi connectivity index (χ2v) is 10.4. The summed E-state index contributed by atoms with van der Waals surface area (Å²) in [5.74, 6) is 0.394. The van der Waals surface area contributed by atoms with Gasteiger partial charge in [0.1, 0.15) is 0 Å². The number of hydrogen-bond donors (Lipinski definition) is 3. The van der Waals surface area contributed by atoms with Gasteiger partial charge in [0.25, 0.3) is 11.8 Å². The molecule has 1 aromatic heterocycles. The van der Waals surface area contributed by atoms with E-state index in [4.69, 9.17) is 9.47 Å². The molecule has 0 saturated carbocycles. The lowest BCUT2D eigenvalue weighted by atomic mass is 9.97. The molecule has 1 aliphatic rings. The largest absolute Gasteiger partial charge is 0.493 e. The number of benzene rings is 2.